The van der Waals surface area contributed by atoms with Gasteiger partial charge in [-0.3, -0.25) is 4.79 Å². The molecule has 80 valence electrons. The summed E-state index contributed by atoms with van der Waals surface area (Å²) < 4.78 is 4.83. The standard InChI is InChI=1S/C13H11NO2/c15-13(11-7-9-16-10-11)6-8-14-12-4-2-1-3-5-12/h1-10,14H/b8-6+. The van der Waals surface area contributed by atoms with Crippen LogP contribution in [0.15, 0.2) is 65.6 Å². The van der Waals surface area contributed by atoms with E-state index in [-0.39, 0.29) is 5.78 Å². The molecule has 1 heterocycles. The third-order valence-electron chi connectivity index (χ3n) is 2.06. The Morgan fingerprint density at radius 1 is 1.19 bits per heavy atom. The van der Waals surface area contributed by atoms with Crippen LogP contribution in [0.3, 0.4) is 0 Å². The summed E-state index contributed by atoms with van der Waals surface area (Å²) in [6.45, 7) is 0. The Labute approximate surface area is 93.4 Å². The summed E-state index contributed by atoms with van der Waals surface area (Å²) in [6.07, 6.45) is 5.99. The third kappa shape index (κ3) is 2.60. The SMILES string of the molecule is O=C(/C=C/Nc1ccccc1)c1ccoc1. The van der Waals surface area contributed by atoms with Gasteiger partial charge in [0.05, 0.1) is 11.8 Å². The lowest BCUT2D eigenvalue weighted by Crippen LogP contribution is -1.93. The van der Waals surface area contributed by atoms with Crippen molar-refractivity contribution >= 4 is 11.5 Å². The number of nitrogens with one attached hydrogen (secondary N) is 1. The van der Waals surface area contributed by atoms with Gasteiger partial charge in [0.1, 0.15) is 6.26 Å². The third-order valence-corrected chi connectivity index (χ3v) is 2.06. The molecule has 3 heteroatoms. The summed E-state index contributed by atoms with van der Waals surface area (Å²) in [7, 11) is 0. The number of anilines is 1. The van der Waals surface area contributed by atoms with E-state index < -0.39 is 0 Å². The van der Waals surface area contributed by atoms with Crippen molar-refractivity contribution in [2.24, 2.45) is 0 Å². The first-order valence-corrected chi connectivity index (χ1v) is 4.91. The van der Waals surface area contributed by atoms with Crippen molar-refractivity contribution in [3.63, 3.8) is 0 Å². The number of carbonyl (C=O) groups is 1. The van der Waals surface area contributed by atoms with Crippen LogP contribution < -0.4 is 5.32 Å². The molecule has 2 aromatic rings. The van der Waals surface area contributed by atoms with Crippen molar-refractivity contribution in [3.05, 3.63) is 66.8 Å². The monoisotopic (exact) mass is 213 g/mol. The van der Waals surface area contributed by atoms with Crippen LogP contribution in [0.1, 0.15) is 10.4 Å². The maximum absolute atomic E-state index is 11.5. The molecule has 0 saturated heterocycles. The van der Waals surface area contributed by atoms with Crippen molar-refractivity contribution in [2.75, 3.05) is 5.32 Å². The molecule has 0 amide bonds. The minimum absolute atomic E-state index is 0.0859. The van der Waals surface area contributed by atoms with Crippen LogP contribution in [0.25, 0.3) is 0 Å². The average Bonchev–Trinajstić information content (AvgIpc) is 2.84. The van der Waals surface area contributed by atoms with Gasteiger partial charge in [-0.15, -0.1) is 0 Å². The zero-order valence-electron chi connectivity index (χ0n) is 8.59. The van der Waals surface area contributed by atoms with E-state index >= 15 is 0 Å². The lowest BCUT2D eigenvalue weighted by molar-refractivity contribution is 0.104. The summed E-state index contributed by atoms with van der Waals surface area (Å²) in [6, 6.07) is 11.3. The van der Waals surface area contributed by atoms with Crippen LogP contribution in [0, 0.1) is 0 Å². The minimum atomic E-state index is -0.0859. The zero-order chi connectivity index (χ0) is 11.2. The molecule has 0 aliphatic rings. The molecule has 0 unspecified atom stereocenters. The average molecular weight is 213 g/mol. The summed E-state index contributed by atoms with van der Waals surface area (Å²) >= 11 is 0. The van der Waals surface area contributed by atoms with E-state index in [1.165, 1.54) is 18.6 Å². The largest absolute Gasteiger partial charge is 0.472 e. The molecule has 16 heavy (non-hydrogen) atoms. The van der Waals surface area contributed by atoms with E-state index in [1.54, 1.807) is 12.3 Å². The second kappa shape index (κ2) is 4.98. The Bertz CT molecular complexity index is 472. The highest BCUT2D eigenvalue weighted by atomic mass is 16.3. The van der Waals surface area contributed by atoms with Crippen molar-refractivity contribution in [2.45, 2.75) is 0 Å². The predicted octanol–water partition coefficient (Wildman–Crippen LogP) is 3.09. The van der Waals surface area contributed by atoms with Gasteiger partial charge in [-0.1, -0.05) is 18.2 Å². The molecular formula is C13H11NO2. The lowest BCUT2D eigenvalue weighted by atomic mass is 10.2. The van der Waals surface area contributed by atoms with E-state index in [2.05, 4.69) is 5.32 Å². The Morgan fingerprint density at radius 3 is 2.69 bits per heavy atom. The molecule has 2 rings (SSSR count). The van der Waals surface area contributed by atoms with Gasteiger partial charge in [0, 0.05) is 18.0 Å². The first-order chi connectivity index (χ1) is 7.86. The molecule has 1 aromatic heterocycles. The molecule has 0 aliphatic carbocycles. The first kappa shape index (κ1) is 10.2. The second-order valence-electron chi connectivity index (χ2n) is 3.22. The van der Waals surface area contributed by atoms with Gasteiger partial charge in [-0.05, 0) is 18.2 Å². The molecule has 0 saturated carbocycles. The maximum Gasteiger partial charge on any atom is 0.190 e. The van der Waals surface area contributed by atoms with Gasteiger partial charge >= 0.3 is 0 Å². The van der Waals surface area contributed by atoms with E-state index in [4.69, 9.17) is 4.42 Å². The van der Waals surface area contributed by atoms with Crippen molar-refractivity contribution < 1.29 is 9.21 Å². The van der Waals surface area contributed by atoms with E-state index in [1.807, 2.05) is 30.3 Å². The molecule has 0 spiro atoms. The highest BCUT2D eigenvalue weighted by Crippen LogP contribution is 2.05. The fourth-order valence-electron chi connectivity index (χ4n) is 1.25. The van der Waals surface area contributed by atoms with Gasteiger partial charge in [0.25, 0.3) is 0 Å². The number of hydrogen-bond acceptors (Lipinski definition) is 3. The van der Waals surface area contributed by atoms with E-state index in [0.29, 0.717) is 5.56 Å². The predicted molar refractivity (Wildman–Crippen MR) is 62.2 cm³/mol. The van der Waals surface area contributed by atoms with E-state index in [0.717, 1.165) is 5.69 Å². The molecule has 1 aromatic carbocycles. The quantitative estimate of drug-likeness (QED) is 0.626. The first-order valence-electron chi connectivity index (χ1n) is 4.91. The number of rotatable bonds is 4. The maximum atomic E-state index is 11.5. The number of para-hydroxylation sites is 1. The molecule has 0 atom stereocenters. The number of benzene rings is 1. The van der Waals surface area contributed by atoms with Crippen LogP contribution in [0.2, 0.25) is 0 Å². The molecule has 0 bridgehead atoms. The van der Waals surface area contributed by atoms with Gasteiger partial charge in [0.15, 0.2) is 5.78 Å². The number of carbonyl (C=O) groups excluding carboxylic acids is 1. The summed E-state index contributed by atoms with van der Waals surface area (Å²) in [5.74, 6) is -0.0859. The van der Waals surface area contributed by atoms with Crippen LogP contribution >= 0.6 is 0 Å². The molecular weight excluding hydrogens is 202 g/mol. The number of ketones is 1. The van der Waals surface area contributed by atoms with Crippen molar-refractivity contribution in [1.29, 1.82) is 0 Å². The van der Waals surface area contributed by atoms with Gasteiger partial charge in [-0.25, -0.2) is 0 Å². The van der Waals surface area contributed by atoms with E-state index in [9.17, 15) is 4.79 Å². The summed E-state index contributed by atoms with van der Waals surface area (Å²) in [4.78, 5) is 11.5. The van der Waals surface area contributed by atoms with Crippen LogP contribution in [0.5, 0.6) is 0 Å². The smallest absolute Gasteiger partial charge is 0.190 e. The summed E-state index contributed by atoms with van der Waals surface area (Å²) in [5.41, 5.74) is 1.49. The van der Waals surface area contributed by atoms with Crippen LogP contribution in [0.4, 0.5) is 5.69 Å². The fraction of sp³-hybridized carbons (Fsp3) is 0. The van der Waals surface area contributed by atoms with Gasteiger partial charge in [0.2, 0.25) is 0 Å². The Kier molecular flexibility index (Phi) is 3.18. The zero-order valence-corrected chi connectivity index (χ0v) is 8.59. The second-order valence-corrected chi connectivity index (χ2v) is 3.22. The van der Waals surface area contributed by atoms with Gasteiger partial charge in [-0.2, -0.15) is 0 Å². The Morgan fingerprint density at radius 2 is 2.00 bits per heavy atom. The Hall–Kier alpha value is -2.29. The molecule has 3 nitrogen and oxygen atoms in total. The Balaban J connectivity index is 1.93. The lowest BCUT2D eigenvalue weighted by Gasteiger charge is -1.97. The number of allylic oxidation sites excluding steroid dienone is 1. The topological polar surface area (TPSA) is 42.2 Å². The molecule has 1 N–H and O–H groups in total. The van der Waals surface area contributed by atoms with Crippen molar-refractivity contribution in [1.82, 2.24) is 0 Å². The van der Waals surface area contributed by atoms with Gasteiger partial charge < -0.3 is 9.73 Å². The summed E-state index contributed by atoms with van der Waals surface area (Å²) in [5, 5.41) is 3.01. The molecule has 0 radical (unpaired) electrons. The fourth-order valence-corrected chi connectivity index (χ4v) is 1.25. The highest BCUT2D eigenvalue weighted by molar-refractivity contribution is 6.04. The highest BCUT2D eigenvalue weighted by Gasteiger charge is 2.01. The van der Waals surface area contributed by atoms with Crippen LogP contribution in [-0.2, 0) is 0 Å². The van der Waals surface area contributed by atoms with Crippen molar-refractivity contribution in [3.8, 4) is 0 Å². The number of hydrogen-bond donors (Lipinski definition) is 1. The molecule has 0 fully saturated rings. The molecule has 0 aliphatic heterocycles. The van der Waals surface area contributed by atoms with Crippen LogP contribution in [-0.4, -0.2) is 5.78 Å². The minimum Gasteiger partial charge on any atom is -0.472 e. The number of furan rings is 1. The normalized spacial score (nSPS) is 10.5.